The maximum Gasteiger partial charge on any atom is 0.248 e. The van der Waals surface area contributed by atoms with Crippen molar-refractivity contribution in [3.8, 4) is 0 Å². The van der Waals surface area contributed by atoms with Crippen LogP contribution in [0.25, 0.3) is 11.0 Å². The molecule has 0 aliphatic carbocycles. The molecule has 0 atom stereocenters. The van der Waals surface area contributed by atoms with Crippen molar-refractivity contribution < 1.29 is 4.79 Å². The number of para-hydroxylation sites is 1. The van der Waals surface area contributed by atoms with Crippen LogP contribution < -0.4 is 0 Å². The van der Waals surface area contributed by atoms with E-state index < -0.39 is 0 Å². The van der Waals surface area contributed by atoms with Crippen LogP contribution in [0.4, 0.5) is 0 Å². The molecule has 2 aromatic rings. The van der Waals surface area contributed by atoms with Crippen molar-refractivity contribution in [3.05, 3.63) is 36.4 Å². The van der Waals surface area contributed by atoms with Gasteiger partial charge in [0.25, 0.3) is 0 Å². The Morgan fingerprint density at radius 3 is 1.88 bits per heavy atom. The number of aromatic nitrogens is 3. The fourth-order valence-electron chi connectivity index (χ4n) is 4.28. The Morgan fingerprint density at radius 2 is 1.28 bits per heavy atom. The molecule has 0 aliphatic heterocycles. The second-order valence-electron chi connectivity index (χ2n) is 9.11. The highest BCUT2D eigenvalue weighted by molar-refractivity contribution is 5.88. The largest absolute Gasteiger partial charge is 0.273 e. The van der Waals surface area contributed by atoms with Gasteiger partial charge < -0.3 is 0 Å². The van der Waals surface area contributed by atoms with Crippen LogP contribution in [0.2, 0.25) is 0 Å². The van der Waals surface area contributed by atoms with Gasteiger partial charge in [0.2, 0.25) is 5.91 Å². The lowest BCUT2D eigenvalue weighted by Crippen LogP contribution is -2.12. The summed E-state index contributed by atoms with van der Waals surface area (Å²) in [4.78, 5) is 12.4. The Balaban J connectivity index is 1.32. The molecule has 0 spiro atoms. The predicted octanol–water partition coefficient (Wildman–Crippen LogP) is 8.67. The molecule has 0 fully saturated rings. The number of unbranched alkanes of at least 4 members (excludes halogenated alkanes) is 15. The molecule has 0 amide bonds. The Hall–Kier alpha value is -1.97. The molecule has 1 heterocycles. The lowest BCUT2D eigenvalue weighted by atomic mass is 10.0. The van der Waals surface area contributed by atoms with Crippen molar-refractivity contribution in [2.45, 2.75) is 122 Å². The molecule has 32 heavy (non-hydrogen) atoms. The normalized spacial score (nSPS) is 11.7. The van der Waals surface area contributed by atoms with Crippen molar-refractivity contribution in [2.75, 3.05) is 0 Å². The third kappa shape index (κ3) is 11.1. The Labute approximate surface area is 195 Å². The molecule has 1 aromatic carbocycles. The lowest BCUT2D eigenvalue weighted by Gasteiger charge is -2.04. The van der Waals surface area contributed by atoms with Gasteiger partial charge >= 0.3 is 0 Å². The van der Waals surface area contributed by atoms with Crippen molar-refractivity contribution in [3.63, 3.8) is 0 Å². The summed E-state index contributed by atoms with van der Waals surface area (Å²) in [5, 5.41) is 8.07. The van der Waals surface area contributed by atoms with Crippen LogP contribution >= 0.6 is 0 Å². The minimum absolute atomic E-state index is 0.0582. The first-order valence-electron chi connectivity index (χ1n) is 13.3. The molecule has 178 valence electrons. The van der Waals surface area contributed by atoms with Gasteiger partial charge in [-0.15, -0.1) is 5.10 Å². The Bertz CT molecular complexity index is 765. The van der Waals surface area contributed by atoms with E-state index in [1.807, 2.05) is 24.3 Å². The van der Waals surface area contributed by atoms with Crippen molar-refractivity contribution in [1.82, 2.24) is 15.0 Å². The van der Waals surface area contributed by atoms with Crippen LogP contribution in [0.15, 0.2) is 36.4 Å². The van der Waals surface area contributed by atoms with Crippen molar-refractivity contribution >= 4 is 16.9 Å². The molecule has 4 nitrogen and oxygen atoms in total. The number of hydrogen-bond donors (Lipinski definition) is 0. The second-order valence-corrected chi connectivity index (χ2v) is 9.11. The first-order valence-corrected chi connectivity index (χ1v) is 13.3. The number of benzene rings is 1. The molecular weight excluding hydrogens is 394 g/mol. The molecule has 0 unspecified atom stereocenters. The molecule has 0 radical (unpaired) electrons. The van der Waals surface area contributed by atoms with Crippen LogP contribution in [0.5, 0.6) is 0 Å². The third-order valence-electron chi connectivity index (χ3n) is 6.25. The summed E-state index contributed by atoms with van der Waals surface area (Å²) in [6.07, 6.45) is 27.6. The zero-order valence-corrected chi connectivity index (χ0v) is 20.4. The van der Waals surface area contributed by atoms with Crippen LogP contribution in [-0.4, -0.2) is 20.9 Å². The van der Waals surface area contributed by atoms with Crippen molar-refractivity contribution in [1.29, 1.82) is 0 Å². The SMILES string of the molecule is CC/C=C/CCCCCCCCCCCCCCCCCC(=O)n1nnc2ccccc21. The highest BCUT2D eigenvalue weighted by atomic mass is 16.2. The summed E-state index contributed by atoms with van der Waals surface area (Å²) in [5.74, 6) is 0.0582. The van der Waals surface area contributed by atoms with E-state index >= 15 is 0 Å². The van der Waals surface area contributed by atoms with Gasteiger partial charge in [-0.25, -0.2) is 0 Å². The van der Waals surface area contributed by atoms with E-state index in [4.69, 9.17) is 0 Å². The molecular formula is C28H45N3O. The number of nitrogens with zero attached hydrogens (tertiary/aromatic N) is 3. The predicted molar refractivity (Wildman–Crippen MR) is 136 cm³/mol. The minimum atomic E-state index is 0.0582. The van der Waals surface area contributed by atoms with Gasteiger partial charge in [-0.3, -0.25) is 4.79 Å². The summed E-state index contributed by atoms with van der Waals surface area (Å²) < 4.78 is 1.46. The maximum atomic E-state index is 12.4. The number of allylic oxidation sites excluding steroid dienone is 2. The van der Waals surface area contributed by atoms with E-state index in [-0.39, 0.29) is 5.91 Å². The number of rotatable bonds is 19. The fraction of sp³-hybridized carbons (Fsp3) is 0.679. The maximum absolute atomic E-state index is 12.4. The first-order chi connectivity index (χ1) is 15.8. The average Bonchev–Trinajstić information content (AvgIpc) is 3.25. The summed E-state index contributed by atoms with van der Waals surface area (Å²) in [5.41, 5.74) is 1.60. The van der Waals surface area contributed by atoms with Gasteiger partial charge in [0.15, 0.2) is 0 Å². The molecule has 4 heteroatoms. The number of hydrogen-bond acceptors (Lipinski definition) is 3. The highest BCUT2D eigenvalue weighted by Gasteiger charge is 2.10. The zero-order valence-electron chi connectivity index (χ0n) is 20.4. The van der Waals surface area contributed by atoms with E-state index in [1.54, 1.807) is 0 Å². The number of carbonyl (C=O) groups excluding carboxylic acids is 1. The molecule has 0 saturated carbocycles. The lowest BCUT2D eigenvalue weighted by molar-refractivity contribution is 0.0886. The Kier molecular flexibility index (Phi) is 14.4. The van der Waals surface area contributed by atoms with Crippen LogP contribution in [0.3, 0.4) is 0 Å². The summed E-state index contributed by atoms with van der Waals surface area (Å²) >= 11 is 0. The number of fused-ring (bicyclic) bond motifs is 1. The van der Waals surface area contributed by atoms with Gasteiger partial charge in [-0.05, 0) is 37.8 Å². The topological polar surface area (TPSA) is 47.8 Å². The quantitative estimate of drug-likeness (QED) is 0.162. The zero-order chi connectivity index (χ0) is 22.7. The monoisotopic (exact) mass is 439 g/mol. The molecule has 0 bridgehead atoms. The molecule has 0 N–H and O–H groups in total. The van der Waals surface area contributed by atoms with E-state index in [2.05, 4.69) is 29.4 Å². The molecule has 0 saturated heterocycles. The Morgan fingerprint density at radius 1 is 0.750 bits per heavy atom. The standard InChI is InChI=1S/C28H45N3O/c1-2-3-4-5-6-7-8-9-10-11-12-13-14-15-16-17-18-19-20-25-28(32)31-27-24-22-21-23-26(27)29-30-31/h3-4,21-24H,2,5-20,25H2,1H3/b4-3+. The van der Waals surface area contributed by atoms with E-state index in [1.165, 1.54) is 101 Å². The fourth-order valence-corrected chi connectivity index (χ4v) is 4.28. The molecule has 1 aromatic heterocycles. The molecule has 2 rings (SSSR count). The summed E-state index contributed by atoms with van der Waals surface area (Å²) in [6, 6.07) is 7.64. The van der Waals surface area contributed by atoms with Crippen molar-refractivity contribution in [2.24, 2.45) is 0 Å². The van der Waals surface area contributed by atoms with Gasteiger partial charge in [-0.1, -0.05) is 120 Å². The third-order valence-corrected chi connectivity index (χ3v) is 6.25. The van der Waals surface area contributed by atoms with Crippen LogP contribution in [0, 0.1) is 0 Å². The smallest absolute Gasteiger partial charge is 0.248 e. The summed E-state index contributed by atoms with van der Waals surface area (Å²) in [7, 11) is 0. The van der Waals surface area contributed by atoms with E-state index in [0.29, 0.717) is 6.42 Å². The van der Waals surface area contributed by atoms with E-state index in [9.17, 15) is 4.79 Å². The highest BCUT2D eigenvalue weighted by Crippen LogP contribution is 2.15. The number of carbonyl (C=O) groups is 1. The summed E-state index contributed by atoms with van der Waals surface area (Å²) in [6.45, 7) is 2.20. The van der Waals surface area contributed by atoms with Crippen LogP contribution in [0.1, 0.15) is 127 Å². The second kappa shape index (κ2) is 17.6. The molecule has 0 aliphatic rings. The van der Waals surface area contributed by atoms with E-state index in [0.717, 1.165) is 23.9 Å². The van der Waals surface area contributed by atoms with Gasteiger partial charge in [0.1, 0.15) is 5.52 Å². The van der Waals surface area contributed by atoms with Crippen LogP contribution in [-0.2, 0) is 0 Å². The van der Waals surface area contributed by atoms with Gasteiger partial charge in [0.05, 0.1) is 5.52 Å². The van der Waals surface area contributed by atoms with Gasteiger partial charge in [0, 0.05) is 6.42 Å². The van der Waals surface area contributed by atoms with Gasteiger partial charge in [-0.2, -0.15) is 4.68 Å². The minimum Gasteiger partial charge on any atom is -0.273 e. The average molecular weight is 440 g/mol. The first kappa shape index (κ1) is 26.3.